The molecule has 0 spiro atoms. The normalized spacial score (nSPS) is 11.5. The van der Waals surface area contributed by atoms with Crippen LogP contribution in [0.1, 0.15) is 18.9 Å². The lowest BCUT2D eigenvalue weighted by Crippen LogP contribution is -2.37. The second-order valence-corrected chi connectivity index (χ2v) is 5.03. The van der Waals surface area contributed by atoms with Gasteiger partial charge in [-0.15, -0.1) is 0 Å². The van der Waals surface area contributed by atoms with Crippen LogP contribution in [0.3, 0.4) is 0 Å². The molecule has 2 rings (SSSR count). The maximum Gasteiger partial charge on any atom is 0.191 e. The number of guanidine groups is 1. The number of aliphatic imine (C=N–C) groups is 1. The third kappa shape index (κ3) is 5.75. The summed E-state index contributed by atoms with van der Waals surface area (Å²) in [4.78, 5) is 4.21. The predicted molar refractivity (Wildman–Crippen MR) is 92.9 cm³/mol. The highest BCUT2D eigenvalue weighted by atomic mass is 16.5. The van der Waals surface area contributed by atoms with E-state index in [9.17, 15) is 0 Å². The third-order valence-corrected chi connectivity index (χ3v) is 3.30. The van der Waals surface area contributed by atoms with Crippen molar-refractivity contribution in [2.24, 2.45) is 4.99 Å². The molecule has 2 N–H and O–H groups in total. The number of aromatic nitrogens is 2. The van der Waals surface area contributed by atoms with Crippen molar-refractivity contribution in [2.75, 3.05) is 26.8 Å². The number of para-hydroxylation sites is 1. The third-order valence-electron chi connectivity index (χ3n) is 3.30. The van der Waals surface area contributed by atoms with Crippen molar-refractivity contribution in [3.05, 3.63) is 48.3 Å². The minimum Gasteiger partial charge on any atom is -0.382 e. The van der Waals surface area contributed by atoms with Gasteiger partial charge in [-0.2, -0.15) is 5.10 Å². The van der Waals surface area contributed by atoms with Gasteiger partial charge in [-0.3, -0.25) is 4.99 Å². The summed E-state index contributed by atoms with van der Waals surface area (Å²) in [6, 6.07) is 10.1. The fourth-order valence-electron chi connectivity index (χ4n) is 2.11. The highest BCUT2D eigenvalue weighted by molar-refractivity contribution is 5.79. The Morgan fingerprint density at radius 2 is 2.09 bits per heavy atom. The van der Waals surface area contributed by atoms with Crippen molar-refractivity contribution in [3.8, 4) is 5.69 Å². The Kier molecular flexibility index (Phi) is 7.13. The van der Waals surface area contributed by atoms with Crippen molar-refractivity contribution in [2.45, 2.75) is 19.9 Å². The molecular weight excluding hydrogens is 290 g/mol. The summed E-state index contributed by atoms with van der Waals surface area (Å²) < 4.78 is 7.18. The van der Waals surface area contributed by atoms with E-state index in [-0.39, 0.29) is 0 Å². The highest BCUT2D eigenvalue weighted by Crippen LogP contribution is 2.07. The molecule has 0 fully saturated rings. The number of hydrogen-bond acceptors (Lipinski definition) is 3. The summed E-state index contributed by atoms with van der Waals surface area (Å²) in [5.41, 5.74) is 2.16. The molecule has 0 saturated carbocycles. The molecule has 0 saturated heterocycles. The van der Waals surface area contributed by atoms with Gasteiger partial charge in [0.2, 0.25) is 0 Å². The number of benzene rings is 1. The number of nitrogens with one attached hydrogen (secondary N) is 2. The SMILES string of the molecule is CCOCCCNC(=NC)NCc1cnn(-c2ccccc2)c1. The lowest BCUT2D eigenvalue weighted by molar-refractivity contribution is 0.145. The fraction of sp³-hybridized carbons (Fsp3) is 0.412. The van der Waals surface area contributed by atoms with Crippen molar-refractivity contribution < 1.29 is 4.74 Å². The van der Waals surface area contributed by atoms with Gasteiger partial charge in [0.05, 0.1) is 11.9 Å². The molecule has 0 aliphatic heterocycles. The molecule has 0 unspecified atom stereocenters. The first-order valence-corrected chi connectivity index (χ1v) is 7.94. The summed E-state index contributed by atoms with van der Waals surface area (Å²) in [5, 5.41) is 10.9. The van der Waals surface area contributed by atoms with E-state index in [1.54, 1.807) is 7.05 Å². The predicted octanol–water partition coefficient (Wildman–Crippen LogP) is 1.96. The van der Waals surface area contributed by atoms with E-state index in [0.717, 1.165) is 43.4 Å². The van der Waals surface area contributed by atoms with Crippen molar-refractivity contribution in [3.63, 3.8) is 0 Å². The van der Waals surface area contributed by atoms with E-state index in [0.29, 0.717) is 6.54 Å². The maximum absolute atomic E-state index is 5.31. The quantitative estimate of drug-likeness (QED) is 0.444. The lowest BCUT2D eigenvalue weighted by atomic mass is 10.3. The largest absolute Gasteiger partial charge is 0.382 e. The smallest absolute Gasteiger partial charge is 0.191 e. The van der Waals surface area contributed by atoms with Crippen LogP contribution in [-0.4, -0.2) is 42.5 Å². The Balaban J connectivity index is 1.77. The Bertz CT molecular complexity index is 594. The average molecular weight is 315 g/mol. The molecule has 23 heavy (non-hydrogen) atoms. The van der Waals surface area contributed by atoms with Crippen molar-refractivity contribution in [1.29, 1.82) is 0 Å². The number of ether oxygens (including phenoxy) is 1. The first kappa shape index (κ1) is 17.0. The van der Waals surface area contributed by atoms with Crippen molar-refractivity contribution >= 4 is 5.96 Å². The number of hydrogen-bond donors (Lipinski definition) is 2. The first-order chi connectivity index (χ1) is 11.3. The van der Waals surface area contributed by atoms with E-state index in [1.807, 2.05) is 54.3 Å². The van der Waals surface area contributed by atoms with E-state index in [2.05, 4.69) is 20.7 Å². The zero-order valence-corrected chi connectivity index (χ0v) is 13.8. The second-order valence-electron chi connectivity index (χ2n) is 5.03. The summed E-state index contributed by atoms with van der Waals surface area (Å²) in [7, 11) is 1.77. The lowest BCUT2D eigenvalue weighted by Gasteiger charge is -2.11. The van der Waals surface area contributed by atoms with Gasteiger partial charge in [-0.05, 0) is 25.5 Å². The summed E-state index contributed by atoms with van der Waals surface area (Å²) in [5.74, 6) is 0.786. The zero-order valence-electron chi connectivity index (χ0n) is 13.8. The molecule has 0 bridgehead atoms. The molecule has 1 heterocycles. The molecule has 6 heteroatoms. The Morgan fingerprint density at radius 3 is 2.83 bits per heavy atom. The Labute approximate surface area is 137 Å². The molecule has 1 aromatic heterocycles. The van der Waals surface area contributed by atoms with Gasteiger partial charge in [-0.1, -0.05) is 18.2 Å². The van der Waals surface area contributed by atoms with E-state index >= 15 is 0 Å². The summed E-state index contributed by atoms with van der Waals surface area (Å²) in [6.45, 7) is 5.05. The van der Waals surface area contributed by atoms with Crippen LogP contribution >= 0.6 is 0 Å². The van der Waals surface area contributed by atoms with Crippen LogP contribution in [-0.2, 0) is 11.3 Å². The molecule has 0 radical (unpaired) electrons. The molecule has 0 aliphatic carbocycles. The molecule has 6 nitrogen and oxygen atoms in total. The van der Waals surface area contributed by atoms with Crippen molar-refractivity contribution in [1.82, 2.24) is 20.4 Å². The van der Waals surface area contributed by atoms with Gasteiger partial charge in [-0.25, -0.2) is 4.68 Å². The molecule has 0 amide bonds. The van der Waals surface area contributed by atoms with Crippen LogP contribution in [0.15, 0.2) is 47.7 Å². The standard InChI is InChI=1S/C17H25N5O/c1-3-23-11-7-10-19-17(18-2)20-12-15-13-21-22(14-15)16-8-5-4-6-9-16/h4-6,8-9,13-14H,3,7,10-12H2,1-2H3,(H2,18,19,20). The topological polar surface area (TPSA) is 63.5 Å². The van der Waals surface area contributed by atoms with Crippen LogP contribution in [0, 0.1) is 0 Å². The Morgan fingerprint density at radius 1 is 1.26 bits per heavy atom. The van der Waals surface area contributed by atoms with E-state index in [4.69, 9.17) is 4.74 Å². The first-order valence-electron chi connectivity index (χ1n) is 7.94. The van der Waals surface area contributed by atoms with Crippen LogP contribution in [0.5, 0.6) is 0 Å². The monoisotopic (exact) mass is 315 g/mol. The minimum atomic E-state index is 0.679. The van der Waals surface area contributed by atoms with Gasteiger partial charge in [0, 0.05) is 45.1 Å². The molecule has 1 aromatic carbocycles. The fourth-order valence-corrected chi connectivity index (χ4v) is 2.11. The molecular formula is C17H25N5O. The summed E-state index contributed by atoms with van der Waals surface area (Å²) >= 11 is 0. The second kappa shape index (κ2) is 9.63. The number of rotatable bonds is 8. The van der Waals surface area contributed by atoms with Crippen LogP contribution in [0.2, 0.25) is 0 Å². The van der Waals surface area contributed by atoms with Gasteiger partial charge in [0.15, 0.2) is 5.96 Å². The van der Waals surface area contributed by atoms with E-state index in [1.165, 1.54) is 0 Å². The van der Waals surface area contributed by atoms with Crippen LogP contribution < -0.4 is 10.6 Å². The molecule has 124 valence electrons. The number of nitrogens with zero attached hydrogens (tertiary/aromatic N) is 3. The molecule has 0 atom stereocenters. The zero-order chi connectivity index (χ0) is 16.3. The summed E-state index contributed by atoms with van der Waals surface area (Å²) in [6.07, 6.45) is 4.84. The van der Waals surface area contributed by atoms with Crippen LogP contribution in [0.25, 0.3) is 5.69 Å². The minimum absolute atomic E-state index is 0.679. The van der Waals surface area contributed by atoms with E-state index < -0.39 is 0 Å². The van der Waals surface area contributed by atoms with Gasteiger partial charge < -0.3 is 15.4 Å². The van der Waals surface area contributed by atoms with Gasteiger partial charge in [0.1, 0.15) is 0 Å². The molecule has 2 aromatic rings. The van der Waals surface area contributed by atoms with Gasteiger partial charge >= 0.3 is 0 Å². The average Bonchev–Trinajstić information content (AvgIpc) is 3.07. The van der Waals surface area contributed by atoms with Gasteiger partial charge in [0.25, 0.3) is 0 Å². The highest BCUT2D eigenvalue weighted by Gasteiger charge is 2.02. The maximum atomic E-state index is 5.31. The Hall–Kier alpha value is -2.34. The van der Waals surface area contributed by atoms with Crippen LogP contribution in [0.4, 0.5) is 0 Å². The molecule has 0 aliphatic rings.